The Hall–Kier alpha value is -2.68. The van der Waals surface area contributed by atoms with Crippen LogP contribution in [0.1, 0.15) is 53.3 Å². The first-order valence-electron chi connectivity index (χ1n) is 9.71. The van der Waals surface area contributed by atoms with E-state index in [1.165, 1.54) is 23.9 Å². The van der Waals surface area contributed by atoms with E-state index in [1.54, 1.807) is 12.1 Å². The number of halogens is 2. The predicted octanol–water partition coefficient (Wildman–Crippen LogP) is 5.05. The summed E-state index contributed by atoms with van der Waals surface area (Å²) >= 11 is 1.34. The molecule has 1 fully saturated rings. The highest BCUT2D eigenvalue weighted by Gasteiger charge is 2.28. The number of aromatic amines is 1. The minimum atomic E-state index is -2.86. The van der Waals surface area contributed by atoms with E-state index in [4.69, 9.17) is 0 Å². The third kappa shape index (κ3) is 4.26. The van der Waals surface area contributed by atoms with E-state index in [2.05, 4.69) is 19.9 Å². The fraction of sp³-hybridized carbons (Fsp3) is 0.381. The largest absolute Gasteiger partial charge is 0.435 e. The van der Waals surface area contributed by atoms with Gasteiger partial charge >= 0.3 is 6.61 Å². The number of carbonyl (C=O) groups excluding carboxylic acids is 1. The van der Waals surface area contributed by atoms with Gasteiger partial charge in [0.2, 0.25) is 5.16 Å². The molecule has 3 aromatic rings. The minimum absolute atomic E-state index is 0.00484. The van der Waals surface area contributed by atoms with E-state index in [0.29, 0.717) is 16.6 Å². The van der Waals surface area contributed by atoms with E-state index in [0.717, 1.165) is 35.7 Å². The second-order valence-corrected chi connectivity index (χ2v) is 8.70. The molecule has 30 heavy (non-hydrogen) atoms. The van der Waals surface area contributed by atoms with Crippen LogP contribution in [0, 0.1) is 13.8 Å². The Labute approximate surface area is 177 Å². The van der Waals surface area contributed by atoms with Gasteiger partial charge in [0.05, 0.1) is 5.25 Å². The standard InChI is InChI=1S/C21H22F2N4O2S/c1-11-10-17(12(2)27(11)15-6-8-16(9-7-15)29-20(22)23)18(28)13(3)30-21-24-19(25-26-21)14-4-5-14/h6-10,13-14,20H,4-5H2,1-3H3,(H,24,25,26)/t13-/m0/s1. The smallest absolute Gasteiger partial charge is 0.387 e. The van der Waals surface area contributed by atoms with Crippen molar-refractivity contribution in [1.29, 1.82) is 0 Å². The first-order valence-corrected chi connectivity index (χ1v) is 10.6. The quantitative estimate of drug-likeness (QED) is 0.398. The minimum Gasteiger partial charge on any atom is -0.435 e. The normalized spacial score (nSPS) is 14.9. The lowest BCUT2D eigenvalue weighted by atomic mass is 10.1. The average Bonchev–Trinajstić information content (AvgIpc) is 3.38. The second-order valence-electron chi connectivity index (χ2n) is 7.39. The van der Waals surface area contributed by atoms with Crippen LogP contribution in [-0.4, -0.2) is 37.4 Å². The molecule has 1 aliphatic carbocycles. The maximum absolute atomic E-state index is 13.1. The molecule has 9 heteroatoms. The Bertz CT molecular complexity index is 1060. The van der Waals surface area contributed by atoms with Crippen LogP contribution < -0.4 is 4.74 Å². The molecular weight excluding hydrogens is 410 g/mol. The number of alkyl halides is 2. The molecular formula is C21H22F2N4O2S. The molecule has 1 aliphatic rings. The highest BCUT2D eigenvalue weighted by molar-refractivity contribution is 8.00. The number of aromatic nitrogens is 4. The number of thioether (sulfide) groups is 1. The third-order valence-corrected chi connectivity index (χ3v) is 6.08. The van der Waals surface area contributed by atoms with Crippen LogP contribution in [0.3, 0.4) is 0 Å². The Morgan fingerprint density at radius 3 is 2.60 bits per heavy atom. The van der Waals surface area contributed by atoms with Gasteiger partial charge in [0.25, 0.3) is 0 Å². The van der Waals surface area contributed by atoms with Crippen molar-refractivity contribution in [2.75, 3.05) is 0 Å². The summed E-state index contributed by atoms with van der Waals surface area (Å²) in [6.07, 6.45) is 2.27. The Balaban J connectivity index is 1.52. The zero-order valence-electron chi connectivity index (χ0n) is 16.9. The third-order valence-electron chi connectivity index (χ3n) is 5.11. The molecule has 1 atom stereocenters. The lowest BCUT2D eigenvalue weighted by molar-refractivity contribution is -0.0498. The zero-order valence-corrected chi connectivity index (χ0v) is 17.7. The maximum Gasteiger partial charge on any atom is 0.387 e. The van der Waals surface area contributed by atoms with Crippen molar-refractivity contribution in [2.45, 2.75) is 56.5 Å². The number of benzene rings is 1. The number of rotatable bonds is 8. The maximum atomic E-state index is 13.1. The van der Waals surface area contributed by atoms with Gasteiger partial charge in [-0.2, -0.15) is 8.78 Å². The van der Waals surface area contributed by atoms with Crippen LogP contribution in [0.4, 0.5) is 8.78 Å². The fourth-order valence-electron chi connectivity index (χ4n) is 3.47. The summed E-state index contributed by atoms with van der Waals surface area (Å²) in [5.41, 5.74) is 3.07. The Morgan fingerprint density at radius 1 is 1.27 bits per heavy atom. The zero-order chi connectivity index (χ0) is 21.4. The van der Waals surface area contributed by atoms with E-state index >= 15 is 0 Å². The molecule has 1 N–H and O–H groups in total. The van der Waals surface area contributed by atoms with Gasteiger partial charge in [0.15, 0.2) is 5.78 Å². The monoisotopic (exact) mass is 432 g/mol. The number of carbonyl (C=O) groups is 1. The first-order chi connectivity index (χ1) is 14.3. The summed E-state index contributed by atoms with van der Waals surface area (Å²) in [4.78, 5) is 17.6. The molecule has 0 unspecified atom stereocenters. The van der Waals surface area contributed by atoms with Crippen LogP contribution >= 0.6 is 11.8 Å². The molecule has 0 bridgehead atoms. The lowest BCUT2D eigenvalue weighted by Crippen LogP contribution is -2.15. The molecule has 4 rings (SSSR count). The van der Waals surface area contributed by atoms with E-state index in [9.17, 15) is 13.6 Å². The number of ether oxygens (including phenoxy) is 1. The average molecular weight is 432 g/mol. The summed E-state index contributed by atoms with van der Waals surface area (Å²) < 4.78 is 31.1. The van der Waals surface area contributed by atoms with Crippen molar-refractivity contribution < 1.29 is 18.3 Å². The highest BCUT2D eigenvalue weighted by Crippen LogP contribution is 2.38. The van der Waals surface area contributed by atoms with E-state index in [1.807, 2.05) is 31.4 Å². The van der Waals surface area contributed by atoms with Crippen molar-refractivity contribution in [3.8, 4) is 11.4 Å². The van der Waals surface area contributed by atoms with Crippen molar-refractivity contribution in [1.82, 2.24) is 19.7 Å². The summed E-state index contributed by atoms with van der Waals surface area (Å²) in [7, 11) is 0. The van der Waals surface area contributed by atoms with Crippen molar-refractivity contribution >= 4 is 17.5 Å². The van der Waals surface area contributed by atoms with E-state index in [-0.39, 0.29) is 16.8 Å². The van der Waals surface area contributed by atoms with Gasteiger partial charge in [0.1, 0.15) is 11.6 Å². The topological polar surface area (TPSA) is 72.8 Å². The molecule has 0 radical (unpaired) electrons. The summed E-state index contributed by atoms with van der Waals surface area (Å²) in [5, 5.41) is 7.42. The number of hydrogen-bond acceptors (Lipinski definition) is 5. The molecule has 0 spiro atoms. The van der Waals surface area contributed by atoms with Gasteiger partial charge in [-0.25, -0.2) is 4.98 Å². The summed E-state index contributed by atoms with van der Waals surface area (Å²) in [6.45, 7) is 2.77. The fourth-order valence-corrected chi connectivity index (χ4v) is 4.27. The van der Waals surface area contributed by atoms with Crippen LogP contribution in [-0.2, 0) is 0 Å². The van der Waals surface area contributed by atoms with Crippen LogP contribution in [0.2, 0.25) is 0 Å². The number of Topliss-reactive ketones (excluding diaryl/α,β-unsaturated/α-hetero) is 1. The second kappa shape index (κ2) is 8.22. The van der Waals surface area contributed by atoms with Crippen LogP contribution in [0.5, 0.6) is 5.75 Å². The Morgan fingerprint density at radius 2 is 1.97 bits per heavy atom. The van der Waals surface area contributed by atoms with Crippen molar-refractivity contribution in [2.24, 2.45) is 0 Å². The highest BCUT2D eigenvalue weighted by atomic mass is 32.2. The molecule has 1 saturated carbocycles. The first kappa shape index (κ1) is 20.6. The van der Waals surface area contributed by atoms with Crippen molar-refractivity contribution in [3.63, 3.8) is 0 Å². The molecule has 6 nitrogen and oxygen atoms in total. The Kier molecular flexibility index (Phi) is 5.64. The van der Waals surface area contributed by atoms with Gasteiger partial charge in [-0.1, -0.05) is 11.8 Å². The molecule has 0 amide bonds. The van der Waals surface area contributed by atoms with Gasteiger partial charge < -0.3 is 9.30 Å². The van der Waals surface area contributed by atoms with Gasteiger partial charge in [-0.05, 0) is 63.9 Å². The van der Waals surface area contributed by atoms with Gasteiger partial charge in [-0.15, -0.1) is 5.10 Å². The molecule has 0 saturated heterocycles. The molecule has 1 aromatic carbocycles. The number of nitrogens with zero attached hydrogens (tertiary/aromatic N) is 3. The molecule has 0 aliphatic heterocycles. The molecule has 2 aromatic heterocycles. The van der Waals surface area contributed by atoms with E-state index < -0.39 is 6.61 Å². The summed E-state index contributed by atoms with van der Waals surface area (Å²) in [5.74, 6) is 1.47. The molecule has 158 valence electrons. The SMILES string of the molecule is Cc1cc(C(=O)[C@H](C)Sc2n[nH]c(C3CC3)n2)c(C)n1-c1ccc(OC(F)F)cc1. The predicted molar refractivity (Wildman–Crippen MR) is 110 cm³/mol. The number of ketones is 1. The lowest BCUT2D eigenvalue weighted by Gasteiger charge is -2.12. The number of H-pyrrole nitrogens is 1. The molecule has 2 heterocycles. The number of hydrogen-bond donors (Lipinski definition) is 1. The number of nitrogens with one attached hydrogen (secondary N) is 1. The van der Waals surface area contributed by atoms with Crippen molar-refractivity contribution in [3.05, 3.63) is 53.1 Å². The number of aryl methyl sites for hydroxylation is 1. The van der Waals surface area contributed by atoms with Crippen LogP contribution in [0.25, 0.3) is 5.69 Å². The summed E-state index contributed by atoms with van der Waals surface area (Å²) in [6, 6.07) is 8.21. The van der Waals surface area contributed by atoms with Crippen LogP contribution in [0.15, 0.2) is 35.5 Å². The van der Waals surface area contributed by atoms with Gasteiger partial charge in [0, 0.05) is 28.6 Å². The van der Waals surface area contributed by atoms with Gasteiger partial charge in [-0.3, -0.25) is 9.89 Å².